The Balaban J connectivity index is 1.48. The molecule has 0 spiro atoms. The summed E-state index contributed by atoms with van der Waals surface area (Å²) in [5.41, 5.74) is 1.77. The number of amides is 3. The van der Waals surface area contributed by atoms with E-state index < -0.39 is 0 Å². The number of likely N-dealkylation sites (tertiary alicyclic amines) is 1. The second-order valence-corrected chi connectivity index (χ2v) is 8.99. The lowest BCUT2D eigenvalue weighted by atomic mass is 9.84. The van der Waals surface area contributed by atoms with Crippen molar-refractivity contribution in [2.24, 2.45) is 5.92 Å². The summed E-state index contributed by atoms with van der Waals surface area (Å²) in [6.07, 6.45) is 2.28. The molecule has 2 atom stereocenters. The fourth-order valence-corrected chi connectivity index (χ4v) is 4.75. The number of benzene rings is 2. The molecule has 0 radical (unpaired) electrons. The zero-order valence-corrected chi connectivity index (χ0v) is 19.5. The molecule has 2 N–H and O–H groups in total. The van der Waals surface area contributed by atoms with Gasteiger partial charge in [0.25, 0.3) is 0 Å². The molecule has 2 aromatic carbocycles. The van der Waals surface area contributed by atoms with E-state index in [2.05, 4.69) is 10.6 Å². The van der Waals surface area contributed by atoms with E-state index in [1.54, 1.807) is 31.4 Å². The molecule has 0 aliphatic carbocycles. The number of nitrogens with zero attached hydrogens (tertiary/aromatic N) is 1. The Bertz CT molecular complexity index is 945. The number of carbonyl (C=O) groups is 2. The van der Waals surface area contributed by atoms with Gasteiger partial charge in [-0.05, 0) is 61.2 Å². The number of halogens is 1. The quantitative estimate of drug-likeness (QED) is 0.682. The molecule has 2 unspecified atom stereocenters. The Morgan fingerprint density at radius 3 is 2.39 bits per heavy atom. The van der Waals surface area contributed by atoms with Crippen LogP contribution in [0.3, 0.4) is 0 Å². The van der Waals surface area contributed by atoms with Gasteiger partial charge in [0.1, 0.15) is 5.75 Å². The molecule has 33 heavy (non-hydrogen) atoms. The summed E-state index contributed by atoms with van der Waals surface area (Å²) < 4.78 is 10.7. The SMILES string of the molecule is COc1ccc(C2CCN(C(=O)C3CCOCC3)CC2NC(=O)Nc2ccc(Cl)cc2)cc1. The van der Waals surface area contributed by atoms with Crippen LogP contribution in [0.2, 0.25) is 5.02 Å². The molecule has 0 bridgehead atoms. The number of nitrogens with one attached hydrogen (secondary N) is 2. The van der Waals surface area contributed by atoms with Crippen LogP contribution < -0.4 is 15.4 Å². The average Bonchev–Trinajstić information content (AvgIpc) is 2.85. The van der Waals surface area contributed by atoms with Crippen molar-refractivity contribution in [2.45, 2.75) is 31.2 Å². The number of rotatable bonds is 5. The summed E-state index contributed by atoms with van der Waals surface area (Å²) in [6, 6.07) is 14.4. The number of piperidine rings is 1. The zero-order chi connectivity index (χ0) is 23.2. The highest BCUT2D eigenvalue weighted by Crippen LogP contribution is 2.31. The van der Waals surface area contributed by atoms with Gasteiger partial charge in [0, 0.05) is 48.8 Å². The summed E-state index contributed by atoms with van der Waals surface area (Å²) in [6.45, 7) is 2.40. The summed E-state index contributed by atoms with van der Waals surface area (Å²) in [5.74, 6) is 1.04. The molecule has 2 fully saturated rings. The van der Waals surface area contributed by atoms with Crippen molar-refractivity contribution in [3.8, 4) is 5.75 Å². The predicted octanol–water partition coefficient (Wildman–Crippen LogP) is 4.28. The molecule has 2 aromatic rings. The third kappa shape index (κ3) is 5.97. The largest absolute Gasteiger partial charge is 0.497 e. The average molecular weight is 472 g/mol. The van der Waals surface area contributed by atoms with Gasteiger partial charge in [0.2, 0.25) is 5.91 Å². The second kappa shape index (κ2) is 10.9. The molecule has 2 aliphatic rings. The maximum absolute atomic E-state index is 13.1. The first-order chi connectivity index (χ1) is 16.0. The van der Waals surface area contributed by atoms with E-state index in [0.717, 1.165) is 30.6 Å². The molecule has 0 saturated carbocycles. The van der Waals surface area contributed by atoms with Gasteiger partial charge in [-0.15, -0.1) is 0 Å². The van der Waals surface area contributed by atoms with Crippen LogP contribution in [-0.2, 0) is 9.53 Å². The van der Waals surface area contributed by atoms with Gasteiger partial charge < -0.3 is 25.0 Å². The highest BCUT2D eigenvalue weighted by Gasteiger charge is 2.36. The van der Waals surface area contributed by atoms with E-state index in [-0.39, 0.29) is 29.8 Å². The fourth-order valence-electron chi connectivity index (χ4n) is 4.62. The summed E-state index contributed by atoms with van der Waals surface area (Å²) in [5, 5.41) is 6.59. The molecular formula is C25H30ClN3O4. The molecule has 3 amide bonds. The standard InChI is InChI=1S/C25H30ClN3O4/c1-32-21-8-2-17(3-9-21)22-10-13-29(24(30)18-11-14-33-15-12-18)16-23(22)28-25(31)27-20-6-4-19(26)5-7-20/h2-9,18,22-23H,10-16H2,1H3,(H2,27,28,31). The van der Waals surface area contributed by atoms with E-state index >= 15 is 0 Å². The number of ether oxygens (including phenoxy) is 2. The summed E-state index contributed by atoms with van der Waals surface area (Å²) >= 11 is 5.94. The number of hydrogen-bond donors (Lipinski definition) is 2. The van der Waals surface area contributed by atoms with Crippen LogP contribution in [0.1, 0.15) is 30.7 Å². The molecule has 4 rings (SSSR count). The topological polar surface area (TPSA) is 79.9 Å². The van der Waals surface area contributed by atoms with Gasteiger partial charge in [0.15, 0.2) is 0 Å². The first-order valence-corrected chi connectivity index (χ1v) is 11.7. The number of anilines is 1. The van der Waals surface area contributed by atoms with Gasteiger partial charge in [0.05, 0.1) is 13.2 Å². The van der Waals surface area contributed by atoms with Crippen molar-refractivity contribution < 1.29 is 19.1 Å². The molecule has 8 heteroatoms. The second-order valence-electron chi connectivity index (χ2n) is 8.55. The normalized spacial score (nSPS) is 21.3. The summed E-state index contributed by atoms with van der Waals surface area (Å²) in [7, 11) is 1.64. The van der Waals surface area contributed by atoms with E-state index in [0.29, 0.717) is 37.0 Å². The van der Waals surface area contributed by atoms with Crippen molar-refractivity contribution >= 4 is 29.2 Å². The highest BCUT2D eigenvalue weighted by atomic mass is 35.5. The Labute approximate surface area is 199 Å². The van der Waals surface area contributed by atoms with Crippen molar-refractivity contribution in [2.75, 3.05) is 38.7 Å². The molecule has 2 saturated heterocycles. The van der Waals surface area contributed by atoms with Crippen molar-refractivity contribution in [3.63, 3.8) is 0 Å². The number of methoxy groups -OCH3 is 1. The maximum atomic E-state index is 13.1. The van der Waals surface area contributed by atoms with Crippen LogP contribution in [0.15, 0.2) is 48.5 Å². The van der Waals surface area contributed by atoms with Crippen molar-refractivity contribution in [1.82, 2.24) is 10.2 Å². The Morgan fingerprint density at radius 1 is 1.03 bits per heavy atom. The Kier molecular flexibility index (Phi) is 7.73. The number of hydrogen-bond acceptors (Lipinski definition) is 4. The van der Waals surface area contributed by atoms with E-state index in [1.807, 2.05) is 29.2 Å². The lowest BCUT2D eigenvalue weighted by Gasteiger charge is -2.41. The minimum Gasteiger partial charge on any atom is -0.497 e. The molecular weight excluding hydrogens is 442 g/mol. The third-order valence-corrected chi connectivity index (χ3v) is 6.71. The van der Waals surface area contributed by atoms with Crippen LogP contribution in [0.5, 0.6) is 5.75 Å². The molecule has 2 aliphatic heterocycles. The number of urea groups is 1. The lowest BCUT2D eigenvalue weighted by molar-refractivity contribution is -0.140. The first-order valence-electron chi connectivity index (χ1n) is 11.4. The van der Waals surface area contributed by atoms with Gasteiger partial charge in [-0.3, -0.25) is 4.79 Å². The van der Waals surface area contributed by atoms with Gasteiger partial charge in [-0.25, -0.2) is 4.79 Å². The highest BCUT2D eigenvalue weighted by molar-refractivity contribution is 6.30. The summed E-state index contributed by atoms with van der Waals surface area (Å²) in [4.78, 5) is 27.9. The first kappa shape index (κ1) is 23.4. The van der Waals surface area contributed by atoms with E-state index in [1.165, 1.54) is 0 Å². The van der Waals surface area contributed by atoms with Crippen LogP contribution in [-0.4, -0.2) is 56.3 Å². The lowest BCUT2D eigenvalue weighted by Crippen LogP contribution is -2.55. The van der Waals surface area contributed by atoms with Crippen LogP contribution in [0, 0.1) is 5.92 Å². The van der Waals surface area contributed by atoms with Crippen molar-refractivity contribution in [3.05, 3.63) is 59.1 Å². The van der Waals surface area contributed by atoms with Crippen LogP contribution >= 0.6 is 11.6 Å². The van der Waals surface area contributed by atoms with Gasteiger partial charge in [-0.1, -0.05) is 23.7 Å². The smallest absolute Gasteiger partial charge is 0.319 e. The van der Waals surface area contributed by atoms with E-state index in [4.69, 9.17) is 21.1 Å². The van der Waals surface area contributed by atoms with Crippen LogP contribution in [0.25, 0.3) is 0 Å². The van der Waals surface area contributed by atoms with E-state index in [9.17, 15) is 9.59 Å². The third-order valence-electron chi connectivity index (χ3n) is 6.46. The van der Waals surface area contributed by atoms with Gasteiger partial charge in [-0.2, -0.15) is 0 Å². The minimum absolute atomic E-state index is 0.000157. The molecule has 176 valence electrons. The monoisotopic (exact) mass is 471 g/mol. The molecule has 2 heterocycles. The molecule has 7 nitrogen and oxygen atoms in total. The maximum Gasteiger partial charge on any atom is 0.319 e. The van der Waals surface area contributed by atoms with Crippen LogP contribution in [0.4, 0.5) is 10.5 Å². The predicted molar refractivity (Wildman–Crippen MR) is 128 cm³/mol. The number of carbonyl (C=O) groups excluding carboxylic acids is 2. The van der Waals surface area contributed by atoms with Crippen molar-refractivity contribution in [1.29, 1.82) is 0 Å². The Hall–Kier alpha value is -2.77. The zero-order valence-electron chi connectivity index (χ0n) is 18.8. The minimum atomic E-state index is -0.304. The fraction of sp³-hybridized carbons (Fsp3) is 0.440. The molecule has 0 aromatic heterocycles. The van der Waals surface area contributed by atoms with Gasteiger partial charge >= 0.3 is 6.03 Å². The Morgan fingerprint density at radius 2 is 1.73 bits per heavy atom.